The zero-order chi connectivity index (χ0) is 15.1. The molecule has 0 radical (unpaired) electrons. The number of amides is 1. The Morgan fingerprint density at radius 1 is 1.18 bits per heavy atom. The van der Waals surface area contributed by atoms with E-state index in [9.17, 15) is 4.79 Å². The summed E-state index contributed by atoms with van der Waals surface area (Å²) in [5, 5.41) is 9.09. The molecule has 0 saturated carbocycles. The van der Waals surface area contributed by atoms with E-state index >= 15 is 0 Å². The summed E-state index contributed by atoms with van der Waals surface area (Å²) in [7, 11) is 0. The maximum Gasteiger partial charge on any atom is 0.223 e. The van der Waals surface area contributed by atoms with Crippen LogP contribution in [0.4, 0.5) is 0 Å². The van der Waals surface area contributed by atoms with Crippen LogP contribution in [0.15, 0.2) is 0 Å². The van der Waals surface area contributed by atoms with Crippen LogP contribution in [0.3, 0.4) is 0 Å². The molecular formula is C18H30N2O2. The number of carbonyl (C=O) groups is 1. The number of hydrogen-bond acceptors (Lipinski definition) is 3. The lowest BCUT2D eigenvalue weighted by atomic mass is 9.66. The van der Waals surface area contributed by atoms with Crippen molar-refractivity contribution in [3.8, 4) is 0 Å². The Balaban J connectivity index is 1.54. The average Bonchev–Trinajstić information content (AvgIpc) is 2.54. The summed E-state index contributed by atoms with van der Waals surface area (Å²) in [6, 6.07) is 1.25. The van der Waals surface area contributed by atoms with Crippen LogP contribution in [0.25, 0.3) is 0 Å². The summed E-state index contributed by atoms with van der Waals surface area (Å²) in [4.78, 5) is 17.7. The van der Waals surface area contributed by atoms with Gasteiger partial charge in [0.1, 0.15) is 0 Å². The number of nitrogens with zero attached hydrogens (tertiary/aromatic N) is 2. The molecule has 0 spiro atoms. The second-order valence-electron chi connectivity index (χ2n) is 8.02. The van der Waals surface area contributed by atoms with Crippen molar-refractivity contribution >= 4 is 5.91 Å². The number of carbonyl (C=O) groups excluding carboxylic acids is 1. The Bertz CT molecular complexity index is 425. The van der Waals surface area contributed by atoms with E-state index in [0.717, 1.165) is 37.8 Å². The predicted octanol–water partition coefficient (Wildman–Crippen LogP) is 1.87. The summed E-state index contributed by atoms with van der Waals surface area (Å²) >= 11 is 0. The van der Waals surface area contributed by atoms with Gasteiger partial charge in [0.05, 0.1) is 0 Å². The van der Waals surface area contributed by atoms with E-state index in [2.05, 4.69) is 9.80 Å². The molecule has 5 atom stereocenters. The van der Waals surface area contributed by atoms with E-state index < -0.39 is 0 Å². The minimum atomic E-state index is 0.265. The van der Waals surface area contributed by atoms with E-state index in [1.807, 2.05) is 0 Å². The van der Waals surface area contributed by atoms with Crippen LogP contribution < -0.4 is 0 Å². The van der Waals surface area contributed by atoms with Gasteiger partial charge in [0, 0.05) is 31.7 Å². The Labute approximate surface area is 133 Å². The number of aliphatic hydroxyl groups is 1. The maximum atomic E-state index is 12.7. The van der Waals surface area contributed by atoms with E-state index in [1.165, 1.54) is 45.2 Å². The predicted molar refractivity (Wildman–Crippen MR) is 85.4 cm³/mol. The normalized spacial score (nSPS) is 42.0. The number of rotatable bonds is 3. The second-order valence-corrected chi connectivity index (χ2v) is 8.02. The molecule has 4 heterocycles. The molecule has 4 fully saturated rings. The standard InChI is InChI=1S/C18H30N2O2/c21-9-3-4-13-10-16-15-6-2-8-19-7-1-5-14(18(15)19)12-20(16)17(22)11-13/h13-16,18,21H,1-12H2/t13-,14+,15+,16+,18-/m0/s1. The third-order valence-electron chi connectivity index (χ3n) is 6.80. The van der Waals surface area contributed by atoms with Crippen molar-refractivity contribution in [2.24, 2.45) is 17.8 Å². The molecule has 0 aromatic rings. The lowest BCUT2D eigenvalue weighted by Gasteiger charge is -2.59. The van der Waals surface area contributed by atoms with Gasteiger partial charge in [0.2, 0.25) is 5.91 Å². The zero-order valence-electron chi connectivity index (χ0n) is 13.6. The molecule has 0 aromatic carbocycles. The summed E-state index contributed by atoms with van der Waals surface area (Å²) in [5.74, 6) is 2.36. The lowest BCUT2D eigenvalue weighted by molar-refractivity contribution is -0.154. The lowest BCUT2D eigenvalue weighted by Crippen LogP contribution is -2.67. The number of fused-ring (bicyclic) bond motifs is 2. The molecule has 1 amide bonds. The third-order valence-corrected chi connectivity index (χ3v) is 6.80. The van der Waals surface area contributed by atoms with Gasteiger partial charge in [0.25, 0.3) is 0 Å². The van der Waals surface area contributed by atoms with Crippen molar-refractivity contribution < 1.29 is 9.90 Å². The van der Waals surface area contributed by atoms with Crippen LogP contribution in [0.5, 0.6) is 0 Å². The van der Waals surface area contributed by atoms with Crippen molar-refractivity contribution in [2.75, 3.05) is 26.2 Å². The van der Waals surface area contributed by atoms with Crippen molar-refractivity contribution in [3.63, 3.8) is 0 Å². The van der Waals surface area contributed by atoms with Crippen molar-refractivity contribution in [1.82, 2.24) is 9.80 Å². The first-order valence-electron chi connectivity index (χ1n) is 9.42. The fourth-order valence-corrected chi connectivity index (χ4v) is 5.97. The first-order chi connectivity index (χ1) is 10.8. The van der Waals surface area contributed by atoms with Gasteiger partial charge >= 0.3 is 0 Å². The minimum absolute atomic E-state index is 0.265. The summed E-state index contributed by atoms with van der Waals surface area (Å²) in [6.07, 6.45) is 9.07. The molecule has 4 rings (SSSR count). The van der Waals surface area contributed by atoms with Crippen molar-refractivity contribution in [1.29, 1.82) is 0 Å². The zero-order valence-corrected chi connectivity index (χ0v) is 13.6. The van der Waals surface area contributed by atoms with Gasteiger partial charge in [0.15, 0.2) is 0 Å². The number of aliphatic hydroxyl groups excluding tert-OH is 1. The molecule has 124 valence electrons. The molecule has 0 aliphatic carbocycles. The Kier molecular flexibility index (Phi) is 4.16. The van der Waals surface area contributed by atoms with Gasteiger partial charge in [-0.1, -0.05) is 0 Å². The molecule has 22 heavy (non-hydrogen) atoms. The topological polar surface area (TPSA) is 43.8 Å². The van der Waals surface area contributed by atoms with Crippen LogP contribution in [0, 0.1) is 17.8 Å². The summed E-state index contributed by atoms with van der Waals surface area (Å²) in [6.45, 7) is 3.85. The van der Waals surface area contributed by atoms with Crippen molar-refractivity contribution in [2.45, 2.75) is 63.5 Å². The fraction of sp³-hybridized carbons (Fsp3) is 0.944. The molecule has 0 aromatic heterocycles. The molecule has 4 saturated heterocycles. The Hall–Kier alpha value is -0.610. The smallest absolute Gasteiger partial charge is 0.223 e. The molecule has 0 bridgehead atoms. The highest BCUT2D eigenvalue weighted by atomic mass is 16.3. The minimum Gasteiger partial charge on any atom is -0.396 e. The van der Waals surface area contributed by atoms with Gasteiger partial charge < -0.3 is 10.0 Å². The molecule has 4 aliphatic heterocycles. The Morgan fingerprint density at radius 3 is 2.82 bits per heavy atom. The summed E-state index contributed by atoms with van der Waals surface area (Å²) in [5.41, 5.74) is 0. The van der Waals surface area contributed by atoms with Crippen LogP contribution >= 0.6 is 0 Å². The highest BCUT2D eigenvalue weighted by molar-refractivity contribution is 5.78. The van der Waals surface area contributed by atoms with Crippen molar-refractivity contribution in [3.05, 3.63) is 0 Å². The van der Waals surface area contributed by atoms with Gasteiger partial charge in [-0.05, 0) is 75.8 Å². The van der Waals surface area contributed by atoms with Crippen LogP contribution in [0.2, 0.25) is 0 Å². The molecule has 0 unspecified atom stereocenters. The van der Waals surface area contributed by atoms with E-state index in [4.69, 9.17) is 5.11 Å². The van der Waals surface area contributed by atoms with Gasteiger partial charge in [-0.3, -0.25) is 9.69 Å². The van der Waals surface area contributed by atoms with Crippen LogP contribution in [-0.2, 0) is 4.79 Å². The molecule has 4 heteroatoms. The molecule has 4 nitrogen and oxygen atoms in total. The molecule has 1 N–H and O–H groups in total. The van der Waals surface area contributed by atoms with E-state index in [1.54, 1.807) is 0 Å². The molecular weight excluding hydrogens is 276 g/mol. The third kappa shape index (κ3) is 2.48. The summed E-state index contributed by atoms with van der Waals surface area (Å²) < 4.78 is 0. The van der Waals surface area contributed by atoms with Gasteiger partial charge in [-0.25, -0.2) is 0 Å². The first-order valence-corrected chi connectivity index (χ1v) is 9.42. The van der Waals surface area contributed by atoms with Crippen LogP contribution in [-0.4, -0.2) is 59.1 Å². The van der Waals surface area contributed by atoms with Crippen LogP contribution in [0.1, 0.15) is 51.4 Å². The average molecular weight is 306 g/mol. The molecule has 4 aliphatic rings. The second kappa shape index (κ2) is 6.12. The maximum absolute atomic E-state index is 12.7. The largest absolute Gasteiger partial charge is 0.396 e. The number of hydrogen-bond donors (Lipinski definition) is 1. The number of piperidine rings is 4. The quantitative estimate of drug-likeness (QED) is 0.866. The fourth-order valence-electron chi connectivity index (χ4n) is 5.97. The van der Waals surface area contributed by atoms with E-state index in [0.29, 0.717) is 23.8 Å². The SMILES string of the molecule is O=C1C[C@@H](CCCO)C[C@@H]2[C@H]3CCCN4CCC[C@H](CN12)[C@@H]34. The van der Waals surface area contributed by atoms with E-state index in [-0.39, 0.29) is 6.61 Å². The van der Waals surface area contributed by atoms with Gasteiger partial charge in [-0.15, -0.1) is 0 Å². The van der Waals surface area contributed by atoms with Gasteiger partial charge in [-0.2, -0.15) is 0 Å². The monoisotopic (exact) mass is 306 g/mol. The Morgan fingerprint density at radius 2 is 2.00 bits per heavy atom. The highest BCUT2D eigenvalue weighted by Crippen LogP contribution is 2.46. The first kappa shape index (κ1) is 14.9. The highest BCUT2D eigenvalue weighted by Gasteiger charge is 2.51.